The van der Waals surface area contributed by atoms with Crippen LogP contribution >= 0.6 is 15.9 Å². The normalized spacial score (nSPS) is 11.0. The molecule has 0 spiro atoms. The first-order chi connectivity index (χ1) is 8.63. The number of nitro benzene ring substituents is 1. The van der Waals surface area contributed by atoms with Crippen LogP contribution in [-0.4, -0.2) is 9.49 Å². The summed E-state index contributed by atoms with van der Waals surface area (Å²) in [6, 6.07) is 5.12. The minimum Gasteiger partial charge on any atom is -0.347 e. The molecule has 0 aliphatic rings. The molecule has 0 aliphatic heterocycles. The van der Waals surface area contributed by atoms with Gasteiger partial charge in [0, 0.05) is 34.7 Å². The fourth-order valence-electron chi connectivity index (χ4n) is 2.10. The van der Waals surface area contributed by atoms with Crippen molar-refractivity contribution in [1.29, 1.82) is 0 Å². The molecule has 96 valence electrons. The summed E-state index contributed by atoms with van der Waals surface area (Å²) in [5, 5.41) is 11.7. The van der Waals surface area contributed by atoms with Gasteiger partial charge in [-0.25, -0.2) is 0 Å². The van der Waals surface area contributed by atoms with Gasteiger partial charge in [0.2, 0.25) is 0 Å². The highest BCUT2D eigenvalue weighted by atomic mass is 79.9. The van der Waals surface area contributed by atoms with Gasteiger partial charge < -0.3 is 4.57 Å². The minimum absolute atomic E-state index is 0.126. The summed E-state index contributed by atoms with van der Waals surface area (Å²) in [4.78, 5) is 10.4. The van der Waals surface area contributed by atoms with E-state index in [-0.39, 0.29) is 10.6 Å². The van der Waals surface area contributed by atoms with Crippen LogP contribution in [0.5, 0.6) is 0 Å². The zero-order valence-corrected chi connectivity index (χ0v) is 11.8. The largest absolute Gasteiger partial charge is 0.347 e. The molecule has 0 fully saturated rings. The number of rotatable bonds is 5. The maximum absolute atomic E-state index is 10.8. The maximum Gasteiger partial charge on any atom is 0.271 e. The van der Waals surface area contributed by atoms with Gasteiger partial charge in [0.25, 0.3) is 5.69 Å². The number of aryl methyl sites for hydroxylation is 1. The lowest BCUT2D eigenvalue weighted by molar-refractivity contribution is -0.384. The highest BCUT2D eigenvalue weighted by Crippen LogP contribution is 2.30. The van der Waals surface area contributed by atoms with Crippen LogP contribution in [-0.2, 0) is 6.54 Å². The summed E-state index contributed by atoms with van der Waals surface area (Å²) in [6.07, 6.45) is 5.51. The van der Waals surface area contributed by atoms with Crippen molar-refractivity contribution in [2.24, 2.45) is 0 Å². The Balaban J connectivity index is 2.37. The van der Waals surface area contributed by atoms with Gasteiger partial charge in [-0.2, -0.15) is 0 Å². The summed E-state index contributed by atoms with van der Waals surface area (Å²) in [6.45, 7) is 3.13. The molecule has 18 heavy (non-hydrogen) atoms. The van der Waals surface area contributed by atoms with E-state index in [1.165, 1.54) is 12.8 Å². The third kappa shape index (κ3) is 2.56. The van der Waals surface area contributed by atoms with Crippen LogP contribution in [0.2, 0.25) is 0 Å². The van der Waals surface area contributed by atoms with Gasteiger partial charge in [-0.05, 0) is 28.4 Å². The molecule has 0 saturated carbocycles. The molecule has 1 aromatic carbocycles. The number of hydrogen-bond acceptors (Lipinski definition) is 2. The van der Waals surface area contributed by atoms with E-state index >= 15 is 0 Å². The van der Waals surface area contributed by atoms with Crippen LogP contribution in [0.3, 0.4) is 0 Å². The van der Waals surface area contributed by atoms with E-state index in [4.69, 9.17) is 0 Å². The van der Waals surface area contributed by atoms with Crippen molar-refractivity contribution in [3.63, 3.8) is 0 Å². The lowest BCUT2D eigenvalue weighted by Crippen LogP contribution is -1.97. The number of halogens is 1. The van der Waals surface area contributed by atoms with Crippen molar-refractivity contribution in [3.8, 4) is 0 Å². The Morgan fingerprint density at radius 2 is 2.17 bits per heavy atom. The number of benzene rings is 1. The molecule has 0 N–H and O–H groups in total. The van der Waals surface area contributed by atoms with E-state index in [9.17, 15) is 10.1 Å². The molecule has 0 aliphatic carbocycles. The molecule has 5 heteroatoms. The SMILES string of the molecule is CCCCCn1ccc2cc([N+](=O)[O-])cc(Br)c21. The Morgan fingerprint density at radius 1 is 1.39 bits per heavy atom. The molecule has 0 atom stereocenters. The Hall–Kier alpha value is -1.36. The molecular formula is C13H15BrN2O2. The quantitative estimate of drug-likeness (QED) is 0.463. The highest BCUT2D eigenvalue weighted by Gasteiger charge is 2.12. The first-order valence-corrected chi connectivity index (χ1v) is 6.85. The van der Waals surface area contributed by atoms with Gasteiger partial charge >= 0.3 is 0 Å². The monoisotopic (exact) mass is 310 g/mol. The molecular weight excluding hydrogens is 296 g/mol. The molecule has 0 saturated heterocycles. The van der Waals surface area contributed by atoms with Crippen molar-refractivity contribution in [1.82, 2.24) is 4.57 Å². The second kappa shape index (κ2) is 5.52. The van der Waals surface area contributed by atoms with E-state index in [0.717, 1.165) is 28.3 Å². The Labute approximate surface area is 114 Å². The fraction of sp³-hybridized carbons (Fsp3) is 0.385. The van der Waals surface area contributed by atoms with Crippen LogP contribution in [0.4, 0.5) is 5.69 Å². The molecule has 4 nitrogen and oxygen atoms in total. The van der Waals surface area contributed by atoms with Crippen LogP contribution in [0, 0.1) is 10.1 Å². The minimum atomic E-state index is -0.362. The second-order valence-electron chi connectivity index (χ2n) is 4.34. The number of non-ortho nitro benzene ring substituents is 1. The zero-order chi connectivity index (χ0) is 13.1. The van der Waals surface area contributed by atoms with Gasteiger partial charge in [0.05, 0.1) is 10.4 Å². The van der Waals surface area contributed by atoms with Gasteiger partial charge in [-0.3, -0.25) is 10.1 Å². The molecule has 1 aromatic heterocycles. The average Bonchev–Trinajstić information content (AvgIpc) is 2.73. The van der Waals surface area contributed by atoms with Crippen molar-refractivity contribution in [2.75, 3.05) is 0 Å². The van der Waals surface area contributed by atoms with E-state index in [0.29, 0.717) is 0 Å². The number of nitrogens with zero attached hydrogens (tertiary/aromatic N) is 2. The van der Waals surface area contributed by atoms with E-state index in [2.05, 4.69) is 27.4 Å². The predicted octanol–water partition coefficient (Wildman–Crippen LogP) is 4.50. The lowest BCUT2D eigenvalue weighted by Gasteiger charge is -2.06. The smallest absolute Gasteiger partial charge is 0.271 e. The first kappa shape index (κ1) is 13.1. The molecule has 0 radical (unpaired) electrons. The summed E-state index contributed by atoms with van der Waals surface area (Å²) in [5.74, 6) is 0. The number of hydrogen-bond donors (Lipinski definition) is 0. The van der Waals surface area contributed by atoms with Crippen molar-refractivity contribution in [2.45, 2.75) is 32.7 Å². The van der Waals surface area contributed by atoms with Crippen molar-refractivity contribution in [3.05, 3.63) is 39.0 Å². The number of unbranched alkanes of at least 4 members (excludes halogenated alkanes) is 2. The van der Waals surface area contributed by atoms with Gasteiger partial charge in [0.1, 0.15) is 0 Å². The molecule has 0 bridgehead atoms. The zero-order valence-electron chi connectivity index (χ0n) is 10.2. The fourth-order valence-corrected chi connectivity index (χ4v) is 2.80. The first-order valence-electron chi connectivity index (χ1n) is 6.06. The van der Waals surface area contributed by atoms with Crippen LogP contribution in [0.1, 0.15) is 26.2 Å². The topological polar surface area (TPSA) is 48.1 Å². The third-order valence-electron chi connectivity index (χ3n) is 3.01. The molecule has 0 unspecified atom stereocenters. The third-order valence-corrected chi connectivity index (χ3v) is 3.62. The Kier molecular flexibility index (Phi) is 4.01. The van der Waals surface area contributed by atoms with Crippen LogP contribution in [0.25, 0.3) is 10.9 Å². The number of fused-ring (bicyclic) bond motifs is 1. The standard InChI is InChI=1S/C13H15BrN2O2/c1-2-3-4-6-15-7-5-10-8-11(16(17)18)9-12(14)13(10)15/h5,7-9H,2-4,6H2,1H3. The van der Waals surface area contributed by atoms with Crippen LogP contribution in [0.15, 0.2) is 28.9 Å². The van der Waals surface area contributed by atoms with Crippen LogP contribution < -0.4 is 0 Å². The van der Waals surface area contributed by atoms with Crippen molar-refractivity contribution < 1.29 is 4.92 Å². The molecule has 0 amide bonds. The summed E-state index contributed by atoms with van der Waals surface area (Å²) in [5.41, 5.74) is 1.16. The van der Waals surface area contributed by atoms with E-state index < -0.39 is 0 Å². The number of nitro groups is 1. The van der Waals surface area contributed by atoms with Gasteiger partial charge in [0.15, 0.2) is 0 Å². The highest BCUT2D eigenvalue weighted by molar-refractivity contribution is 9.10. The summed E-state index contributed by atoms with van der Waals surface area (Å²) < 4.78 is 2.94. The van der Waals surface area contributed by atoms with Gasteiger partial charge in [-0.1, -0.05) is 19.8 Å². The summed E-state index contributed by atoms with van der Waals surface area (Å²) >= 11 is 3.43. The maximum atomic E-state index is 10.8. The molecule has 2 aromatic rings. The van der Waals surface area contributed by atoms with Crippen molar-refractivity contribution >= 4 is 32.5 Å². The molecule has 2 rings (SSSR count). The second-order valence-corrected chi connectivity index (χ2v) is 5.19. The van der Waals surface area contributed by atoms with Gasteiger partial charge in [-0.15, -0.1) is 0 Å². The lowest BCUT2D eigenvalue weighted by atomic mass is 10.2. The predicted molar refractivity (Wildman–Crippen MR) is 75.8 cm³/mol. The Morgan fingerprint density at radius 3 is 2.83 bits per heavy atom. The summed E-state index contributed by atoms with van der Waals surface area (Å²) in [7, 11) is 0. The number of aromatic nitrogens is 1. The molecule has 1 heterocycles. The average molecular weight is 311 g/mol. The Bertz CT molecular complexity index is 578. The van der Waals surface area contributed by atoms with E-state index in [1.807, 2.05) is 12.3 Å². The van der Waals surface area contributed by atoms with E-state index in [1.54, 1.807) is 12.1 Å².